The summed E-state index contributed by atoms with van der Waals surface area (Å²) in [5.41, 5.74) is 1.78. The number of rotatable bonds is 9. The Bertz CT molecular complexity index is 986. The molecule has 3 rings (SSSR count). The molecule has 0 saturated carbocycles. The van der Waals surface area contributed by atoms with Crippen LogP contribution in [0.4, 0.5) is 5.13 Å². The molecule has 0 aliphatic carbocycles. The summed E-state index contributed by atoms with van der Waals surface area (Å²) in [5.74, 6) is 0.0631. The Labute approximate surface area is 192 Å². The molecule has 7 heteroatoms. The lowest BCUT2D eigenvalue weighted by molar-refractivity contribution is -0.118. The van der Waals surface area contributed by atoms with Crippen LogP contribution in [0.3, 0.4) is 0 Å². The molecule has 0 unspecified atom stereocenters. The van der Waals surface area contributed by atoms with Crippen LogP contribution in [0.15, 0.2) is 47.4 Å². The van der Waals surface area contributed by atoms with E-state index in [-0.39, 0.29) is 5.91 Å². The van der Waals surface area contributed by atoms with E-state index >= 15 is 0 Å². The number of thiazole rings is 1. The van der Waals surface area contributed by atoms with E-state index in [0.717, 1.165) is 28.7 Å². The molecule has 0 fully saturated rings. The summed E-state index contributed by atoms with van der Waals surface area (Å²) in [6.45, 7) is 5.90. The summed E-state index contributed by atoms with van der Waals surface area (Å²) in [5, 5.41) is 1.87. The molecule has 0 aliphatic rings. The molecule has 1 amide bonds. The minimum Gasteiger partial charge on any atom is -0.309 e. The topological polar surface area (TPSA) is 36.4 Å². The molecule has 0 N–H and O–H groups in total. The fraction of sp³-hybridized carbons (Fsp3) is 0.391. The van der Waals surface area contributed by atoms with E-state index in [4.69, 9.17) is 16.6 Å². The van der Waals surface area contributed by atoms with Gasteiger partial charge in [0.2, 0.25) is 5.91 Å². The van der Waals surface area contributed by atoms with Gasteiger partial charge in [-0.05, 0) is 56.9 Å². The number of aromatic nitrogens is 1. The molecule has 1 heterocycles. The number of hydrogen-bond acceptors (Lipinski definition) is 5. The zero-order chi connectivity index (χ0) is 21.7. The number of anilines is 1. The first kappa shape index (κ1) is 23.1. The summed E-state index contributed by atoms with van der Waals surface area (Å²) in [6.07, 6.45) is 1.24. The fourth-order valence-electron chi connectivity index (χ4n) is 3.12. The highest BCUT2D eigenvalue weighted by Gasteiger charge is 2.20. The second kappa shape index (κ2) is 10.6. The third-order valence-electron chi connectivity index (χ3n) is 4.53. The number of amides is 1. The van der Waals surface area contributed by atoms with Crippen molar-refractivity contribution in [3.8, 4) is 0 Å². The average Bonchev–Trinajstić information content (AvgIpc) is 3.11. The number of hydrogen-bond donors (Lipinski definition) is 0. The number of carbonyl (C=O) groups is 1. The highest BCUT2D eigenvalue weighted by molar-refractivity contribution is 7.99. The highest BCUT2D eigenvalue weighted by atomic mass is 35.5. The van der Waals surface area contributed by atoms with Gasteiger partial charge < -0.3 is 4.90 Å². The lowest BCUT2D eigenvalue weighted by Gasteiger charge is -2.21. The molecule has 2 aromatic carbocycles. The number of thioether (sulfide) groups is 1. The Morgan fingerprint density at radius 2 is 1.87 bits per heavy atom. The summed E-state index contributed by atoms with van der Waals surface area (Å²) in [7, 11) is 4.08. The number of carbonyl (C=O) groups excluding carboxylic acids is 1. The van der Waals surface area contributed by atoms with Gasteiger partial charge in [-0.2, -0.15) is 0 Å². The maximum atomic E-state index is 13.3. The lowest BCUT2D eigenvalue weighted by Crippen LogP contribution is -2.34. The second-order valence-corrected chi connectivity index (χ2v) is 10.8. The Morgan fingerprint density at radius 1 is 1.13 bits per heavy atom. The van der Waals surface area contributed by atoms with Gasteiger partial charge in [0.1, 0.15) is 5.52 Å². The largest absolute Gasteiger partial charge is 0.309 e. The van der Waals surface area contributed by atoms with E-state index in [1.807, 2.05) is 49.0 Å². The zero-order valence-corrected chi connectivity index (χ0v) is 20.3. The van der Waals surface area contributed by atoms with Gasteiger partial charge in [-0.15, -0.1) is 11.8 Å². The Morgan fingerprint density at radius 3 is 2.50 bits per heavy atom. The summed E-state index contributed by atoms with van der Waals surface area (Å²) < 4.78 is 0.998. The molecule has 30 heavy (non-hydrogen) atoms. The van der Waals surface area contributed by atoms with Crippen LogP contribution >= 0.6 is 34.7 Å². The molecule has 3 aromatic rings. The maximum Gasteiger partial charge on any atom is 0.233 e. The fourth-order valence-corrected chi connectivity index (χ4v) is 5.27. The van der Waals surface area contributed by atoms with Crippen LogP contribution in [-0.2, 0) is 11.2 Å². The van der Waals surface area contributed by atoms with Gasteiger partial charge in [0.05, 0.1) is 16.1 Å². The first-order chi connectivity index (χ1) is 14.3. The number of benzene rings is 2. The van der Waals surface area contributed by atoms with E-state index in [1.54, 1.807) is 0 Å². The van der Waals surface area contributed by atoms with E-state index in [2.05, 4.69) is 43.0 Å². The second-order valence-electron chi connectivity index (χ2n) is 7.77. The number of para-hydroxylation sites is 1. The van der Waals surface area contributed by atoms with E-state index in [0.29, 0.717) is 28.4 Å². The smallest absolute Gasteiger partial charge is 0.233 e. The Balaban J connectivity index is 1.79. The third kappa shape index (κ3) is 6.20. The quantitative estimate of drug-likeness (QED) is 0.367. The summed E-state index contributed by atoms with van der Waals surface area (Å²) >= 11 is 9.66. The van der Waals surface area contributed by atoms with Crippen molar-refractivity contribution in [1.82, 2.24) is 9.88 Å². The molecule has 0 spiro atoms. The van der Waals surface area contributed by atoms with E-state index in [1.165, 1.54) is 16.2 Å². The van der Waals surface area contributed by atoms with Gasteiger partial charge in [0.25, 0.3) is 0 Å². The molecule has 4 nitrogen and oxygen atoms in total. The normalized spacial score (nSPS) is 11.6. The number of halogens is 1. The van der Waals surface area contributed by atoms with Crippen molar-refractivity contribution in [3.05, 3.63) is 53.1 Å². The van der Waals surface area contributed by atoms with Crippen LogP contribution in [0, 0.1) is 0 Å². The summed E-state index contributed by atoms with van der Waals surface area (Å²) in [4.78, 5) is 23.1. The van der Waals surface area contributed by atoms with Crippen molar-refractivity contribution >= 4 is 56.0 Å². The molecule has 0 atom stereocenters. The number of fused-ring (bicyclic) bond motifs is 1. The van der Waals surface area contributed by atoms with Gasteiger partial charge in [-0.1, -0.05) is 55.0 Å². The van der Waals surface area contributed by atoms with Crippen molar-refractivity contribution in [1.29, 1.82) is 0 Å². The third-order valence-corrected chi connectivity index (χ3v) is 6.89. The molecule has 0 aliphatic heterocycles. The minimum absolute atomic E-state index is 0.0631. The average molecular weight is 462 g/mol. The van der Waals surface area contributed by atoms with Gasteiger partial charge in [-0.25, -0.2) is 4.98 Å². The molecular weight excluding hydrogens is 434 g/mol. The molecular formula is C23H28ClN3OS2. The number of nitrogens with zero attached hydrogens (tertiary/aromatic N) is 3. The summed E-state index contributed by atoms with van der Waals surface area (Å²) in [6, 6.07) is 14.0. The van der Waals surface area contributed by atoms with Crippen LogP contribution in [0.25, 0.3) is 10.2 Å². The van der Waals surface area contributed by atoms with Crippen LogP contribution < -0.4 is 4.90 Å². The van der Waals surface area contributed by atoms with Gasteiger partial charge in [0.15, 0.2) is 5.13 Å². The van der Waals surface area contributed by atoms with E-state index in [9.17, 15) is 4.79 Å². The van der Waals surface area contributed by atoms with Crippen molar-refractivity contribution in [3.63, 3.8) is 0 Å². The maximum absolute atomic E-state index is 13.3. The molecule has 0 bridgehead atoms. The Hall–Kier alpha value is -1.60. The van der Waals surface area contributed by atoms with Gasteiger partial charge in [0, 0.05) is 16.7 Å². The highest BCUT2D eigenvalue weighted by Crippen LogP contribution is 2.33. The first-order valence-corrected chi connectivity index (χ1v) is 12.2. The standard InChI is InChI=1S/C23H28ClN3OS2/c1-16(2)29-18-11-9-17(10-12-18)15-21(28)27(14-6-13-26(3)4)23-25-22-19(24)7-5-8-20(22)30-23/h5,7-12,16H,6,13-15H2,1-4H3. The van der Waals surface area contributed by atoms with Crippen LogP contribution in [-0.4, -0.2) is 48.2 Å². The minimum atomic E-state index is 0.0631. The van der Waals surface area contributed by atoms with Crippen molar-refractivity contribution in [2.24, 2.45) is 0 Å². The Kier molecular flexibility index (Phi) is 8.17. The molecule has 0 saturated heterocycles. The van der Waals surface area contributed by atoms with Crippen molar-refractivity contribution < 1.29 is 4.79 Å². The molecule has 1 aromatic heterocycles. The monoisotopic (exact) mass is 461 g/mol. The molecule has 160 valence electrons. The van der Waals surface area contributed by atoms with E-state index < -0.39 is 0 Å². The van der Waals surface area contributed by atoms with Crippen molar-refractivity contribution in [2.45, 2.75) is 36.8 Å². The van der Waals surface area contributed by atoms with Crippen LogP contribution in [0.5, 0.6) is 0 Å². The first-order valence-electron chi connectivity index (χ1n) is 10.1. The van der Waals surface area contributed by atoms with Gasteiger partial charge in [-0.3, -0.25) is 9.69 Å². The lowest BCUT2D eigenvalue weighted by atomic mass is 10.1. The van der Waals surface area contributed by atoms with Gasteiger partial charge >= 0.3 is 0 Å². The molecule has 0 radical (unpaired) electrons. The van der Waals surface area contributed by atoms with Crippen LogP contribution in [0.2, 0.25) is 5.02 Å². The zero-order valence-electron chi connectivity index (χ0n) is 17.9. The predicted molar refractivity (Wildman–Crippen MR) is 131 cm³/mol. The predicted octanol–water partition coefficient (Wildman–Crippen LogP) is 5.98. The van der Waals surface area contributed by atoms with Crippen LogP contribution in [0.1, 0.15) is 25.8 Å². The SMILES string of the molecule is CC(C)Sc1ccc(CC(=O)N(CCCN(C)C)c2nc3c(Cl)cccc3s2)cc1. The van der Waals surface area contributed by atoms with Crippen molar-refractivity contribution in [2.75, 3.05) is 32.1 Å².